The monoisotopic (exact) mass is 473 g/mol. The lowest BCUT2D eigenvalue weighted by molar-refractivity contribution is -0.140. The number of nitrogens with one attached hydrogen (secondary N) is 1. The maximum absolute atomic E-state index is 12.0. The maximum Gasteiger partial charge on any atom is 0.307 e. The van der Waals surface area contributed by atoms with Crippen molar-refractivity contribution in [2.24, 2.45) is 0 Å². The third-order valence-corrected chi connectivity index (χ3v) is 4.95. The van der Waals surface area contributed by atoms with E-state index in [1.54, 1.807) is 6.08 Å². The van der Waals surface area contributed by atoms with Gasteiger partial charge in [-0.3, -0.25) is 9.59 Å². The Balaban J connectivity index is 2.01. The zero-order valence-electron chi connectivity index (χ0n) is 17.8. The molecule has 0 saturated heterocycles. The van der Waals surface area contributed by atoms with Crippen molar-refractivity contribution in [1.82, 2.24) is 5.32 Å². The highest BCUT2D eigenvalue weighted by Crippen LogP contribution is 2.26. The van der Waals surface area contributed by atoms with Gasteiger partial charge in [0.15, 0.2) is 0 Å². The molecule has 1 N–H and O–H groups in total. The van der Waals surface area contributed by atoms with Crippen molar-refractivity contribution in [2.45, 2.75) is 39.2 Å². The first-order chi connectivity index (χ1) is 14.2. The number of hydrogen-bond donors (Lipinski definition) is 1. The predicted octanol–water partition coefficient (Wildman–Crippen LogP) is 5.02. The smallest absolute Gasteiger partial charge is 0.307 e. The van der Waals surface area contributed by atoms with Gasteiger partial charge in [0.1, 0.15) is 12.4 Å². The molecule has 6 heteroatoms. The van der Waals surface area contributed by atoms with E-state index in [2.05, 4.69) is 71.0 Å². The molecule has 5 nitrogen and oxygen atoms in total. The molecule has 0 atom stereocenters. The summed E-state index contributed by atoms with van der Waals surface area (Å²) in [5.74, 6) is 0.0248. The first-order valence-corrected chi connectivity index (χ1v) is 10.5. The van der Waals surface area contributed by atoms with Crippen LogP contribution in [0.25, 0.3) is 6.08 Å². The predicted molar refractivity (Wildman–Crippen MR) is 122 cm³/mol. The van der Waals surface area contributed by atoms with E-state index in [0.29, 0.717) is 12.4 Å². The number of halogens is 1. The van der Waals surface area contributed by atoms with Gasteiger partial charge >= 0.3 is 5.97 Å². The van der Waals surface area contributed by atoms with Gasteiger partial charge in [-0.05, 0) is 40.8 Å². The molecule has 30 heavy (non-hydrogen) atoms. The van der Waals surface area contributed by atoms with Gasteiger partial charge in [-0.15, -0.1) is 0 Å². The highest BCUT2D eigenvalue weighted by atomic mass is 79.9. The summed E-state index contributed by atoms with van der Waals surface area (Å²) in [7, 11) is 1.32. The number of rotatable bonds is 8. The molecule has 0 bridgehead atoms. The largest absolute Gasteiger partial charge is 0.488 e. The van der Waals surface area contributed by atoms with Crippen LogP contribution in [0.1, 0.15) is 43.9 Å². The van der Waals surface area contributed by atoms with E-state index in [1.165, 1.54) is 18.7 Å². The van der Waals surface area contributed by atoms with Crippen molar-refractivity contribution in [1.29, 1.82) is 0 Å². The Morgan fingerprint density at radius 3 is 2.43 bits per heavy atom. The van der Waals surface area contributed by atoms with Crippen LogP contribution in [-0.4, -0.2) is 25.5 Å². The van der Waals surface area contributed by atoms with Crippen molar-refractivity contribution < 1.29 is 19.1 Å². The van der Waals surface area contributed by atoms with Crippen molar-refractivity contribution in [3.63, 3.8) is 0 Å². The fourth-order valence-electron chi connectivity index (χ4n) is 2.66. The standard InChI is InChI=1S/C24H28BrNO4/c1-24(2,3)19-8-5-17(6-9-19)16-30-21-11-10-20(25)15-18(21)7-12-22(27)26-14-13-23(28)29-4/h5-12,15H,13-14,16H2,1-4H3,(H,26,27)/b12-7+. The number of esters is 1. The molecule has 0 aliphatic rings. The number of hydrogen-bond acceptors (Lipinski definition) is 4. The van der Waals surface area contributed by atoms with Crippen molar-refractivity contribution in [2.75, 3.05) is 13.7 Å². The highest BCUT2D eigenvalue weighted by Gasteiger charge is 2.13. The lowest BCUT2D eigenvalue weighted by Gasteiger charge is -2.19. The molecule has 0 heterocycles. The second-order valence-electron chi connectivity index (χ2n) is 7.87. The van der Waals surface area contributed by atoms with E-state index in [9.17, 15) is 9.59 Å². The average Bonchev–Trinajstić information content (AvgIpc) is 2.71. The Hall–Kier alpha value is -2.60. The Labute approximate surface area is 186 Å². The minimum Gasteiger partial charge on any atom is -0.488 e. The maximum atomic E-state index is 12.0. The molecule has 0 radical (unpaired) electrons. The van der Waals surface area contributed by atoms with E-state index in [1.807, 2.05) is 18.2 Å². The summed E-state index contributed by atoms with van der Waals surface area (Å²) in [6, 6.07) is 14.0. The highest BCUT2D eigenvalue weighted by molar-refractivity contribution is 9.10. The van der Waals surface area contributed by atoms with Crippen LogP contribution in [0.2, 0.25) is 0 Å². The van der Waals surface area contributed by atoms with Crippen LogP contribution in [0, 0.1) is 0 Å². The lowest BCUT2D eigenvalue weighted by atomic mass is 9.87. The fraction of sp³-hybridized carbons (Fsp3) is 0.333. The molecule has 0 aromatic heterocycles. The van der Waals surface area contributed by atoms with E-state index in [4.69, 9.17) is 4.74 Å². The molecule has 0 saturated carbocycles. The Kier molecular flexibility index (Phi) is 8.66. The summed E-state index contributed by atoms with van der Waals surface area (Å²) >= 11 is 3.45. The second kappa shape index (κ2) is 11.0. The molecule has 2 aromatic carbocycles. The number of ether oxygens (including phenoxy) is 2. The van der Waals surface area contributed by atoms with Crippen LogP contribution in [-0.2, 0) is 26.3 Å². The third-order valence-electron chi connectivity index (χ3n) is 4.46. The topological polar surface area (TPSA) is 64.6 Å². The molecule has 1 amide bonds. The zero-order chi connectivity index (χ0) is 22.1. The zero-order valence-corrected chi connectivity index (χ0v) is 19.4. The number of carbonyl (C=O) groups excluding carboxylic acids is 2. The summed E-state index contributed by atoms with van der Waals surface area (Å²) in [6.45, 7) is 7.21. The number of benzene rings is 2. The summed E-state index contributed by atoms with van der Waals surface area (Å²) in [5.41, 5.74) is 3.23. The van der Waals surface area contributed by atoms with E-state index in [0.717, 1.165) is 15.6 Å². The summed E-state index contributed by atoms with van der Waals surface area (Å²) in [4.78, 5) is 23.1. The van der Waals surface area contributed by atoms with Gasteiger partial charge in [0.25, 0.3) is 0 Å². The van der Waals surface area contributed by atoms with E-state index >= 15 is 0 Å². The van der Waals surface area contributed by atoms with Gasteiger partial charge in [0.05, 0.1) is 13.5 Å². The molecule has 0 aliphatic heterocycles. The van der Waals surface area contributed by atoms with Crippen molar-refractivity contribution in [3.8, 4) is 5.75 Å². The van der Waals surface area contributed by atoms with Crippen LogP contribution in [0.4, 0.5) is 0 Å². The third kappa shape index (κ3) is 7.67. The second-order valence-corrected chi connectivity index (χ2v) is 8.78. The normalized spacial score (nSPS) is 11.4. The van der Waals surface area contributed by atoms with Crippen molar-refractivity contribution in [3.05, 3.63) is 69.7 Å². The quantitative estimate of drug-likeness (QED) is 0.431. The van der Waals surface area contributed by atoms with Gasteiger partial charge < -0.3 is 14.8 Å². The van der Waals surface area contributed by atoms with Crippen LogP contribution in [0.15, 0.2) is 53.0 Å². The minimum absolute atomic E-state index is 0.112. The van der Waals surface area contributed by atoms with Crippen LogP contribution >= 0.6 is 15.9 Å². The van der Waals surface area contributed by atoms with Gasteiger partial charge in [-0.2, -0.15) is 0 Å². The molecule has 2 rings (SSSR count). The SMILES string of the molecule is COC(=O)CCNC(=O)/C=C/c1cc(Br)ccc1OCc1ccc(C(C)(C)C)cc1. The Bertz CT molecular complexity index is 898. The summed E-state index contributed by atoms with van der Waals surface area (Å²) < 4.78 is 11.4. The number of amides is 1. The van der Waals surface area contributed by atoms with Crippen LogP contribution in [0.5, 0.6) is 5.75 Å². The van der Waals surface area contributed by atoms with Crippen LogP contribution < -0.4 is 10.1 Å². The van der Waals surface area contributed by atoms with Gasteiger partial charge in [0, 0.05) is 22.7 Å². The molecule has 0 aliphatic carbocycles. The molecular weight excluding hydrogens is 446 g/mol. The first kappa shape index (κ1) is 23.7. The molecule has 0 spiro atoms. The van der Waals surface area contributed by atoms with Gasteiger partial charge in [-0.25, -0.2) is 0 Å². The molecule has 2 aromatic rings. The first-order valence-electron chi connectivity index (χ1n) is 9.73. The number of carbonyl (C=O) groups is 2. The van der Waals surface area contributed by atoms with E-state index < -0.39 is 0 Å². The summed E-state index contributed by atoms with van der Waals surface area (Å²) in [6.07, 6.45) is 3.25. The molecule has 0 unspecified atom stereocenters. The molecule has 0 fully saturated rings. The van der Waals surface area contributed by atoms with Gasteiger partial charge in [-0.1, -0.05) is 61.0 Å². The molecular formula is C24H28BrNO4. The average molecular weight is 474 g/mol. The van der Waals surface area contributed by atoms with E-state index in [-0.39, 0.29) is 30.3 Å². The van der Waals surface area contributed by atoms with Gasteiger partial charge in [0.2, 0.25) is 5.91 Å². The Morgan fingerprint density at radius 2 is 1.80 bits per heavy atom. The number of methoxy groups -OCH3 is 1. The Morgan fingerprint density at radius 1 is 1.10 bits per heavy atom. The van der Waals surface area contributed by atoms with Crippen LogP contribution in [0.3, 0.4) is 0 Å². The fourth-order valence-corrected chi connectivity index (χ4v) is 3.04. The molecule has 160 valence electrons. The van der Waals surface area contributed by atoms with Crippen molar-refractivity contribution >= 4 is 33.9 Å². The summed E-state index contributed by atoms with van der Waals surface area (Å²) in [5, 5.41) is 2.65. The minimum atomic E-state index is -0.363. The lowest BCUT2D eigenvalue weighted by Crippen LogP contribution is -2.24.